The van der Waals surface area contributed by atoms with Gasteiger partial charge in [-0.25, -0.2) is 0 Å². The van der Waals surface area contributed by atoms with Gasteiger partial charge >= 0.3 is 0 Å². The summed E-state index contributed by atoms with van der Waals surface area (Å²) in [5.41, 5.74) is 1.17. The summed E-state index contributed by atoms with van der Waals surface area (Å²) in [6.45, 7) is 1.99. The molecule has 0 aliphatic heterocycles. The highest BCUT2D eigenvalue weighted by Gasteiger charge is 2.27. The van der Waals surface area contributed by atoms with Gasteiger partial charge in [0, 0.05) is 5.56 Å². The highest BCUT2D eigenvalue weighted by Crippen LogP contribution is 2.25. The maximum atomic E-state index is 11.6. The summed E-state index contributed by atoms with van der Waals surface area (Å²) in [6, 6.07) is 19.5. The molecule has 0 bridgehead atoms. The second kappa shape index (κ2) is 6.02. The Labute approximate surface area is 114 Å². The van der Waals surface area contributed by atoms with Gasteiger partial charge in [0.15, 0.2) is 0 Å². The van der Waals surface area contributed by atoms with Crippen LogP contribution in [0, 0.1) is 11.8 Å². The molecule has 0 saturated heterocycles. The Kier molecular flexibility index (Phi) is 4.15. The summed E-state index contributed by atoms with van der Waals surface area (Å²) in [4.78, 5) is 11.6. The second-order valence-corrected chi connectivity index (χ2v) is 4.42. The van der Waals surface area contributed by atoms with Gasteiger partial charge in [-0.15, -0.1) is 0 Å². The van der Waals surface area contributed by atoms with Crippen molar-refractivity contribution in [2.24, 2.45) is 0 Å². The molecule has 0 fully saturated rings. The third-order valence-corrected chi connectivity index (χ3v) is 3.25. The highest BCUT2D eigenvalue weighted by molar-refractivity contribution is 5.74. The van der Waals surface area contributed by atoms with Crippen LogP contribution >= 0.6 is 0 Å². The molecule has 0 heterocycles. The van der Waals surface area contributed by atoms with Crippen molar-refractivity contribution in [1.29, 1.82) is 0 Å². The molecule has 0 spiro atoms. The van der Waals surface area contributed by atoms with E-state index in [0.717, 1.165) is 17.4 Å². The molecule has 19 heavy (non-hydrogen) atoms. The first-order valence-corrected chi connectivity index (χ1v) is 6.41. The molecule has 0 radical (unpaired) electrons. The van der Waals surface area contributed by atoms with Crippen molar-refractivity contribution in [3.05, 3.63) is 71.8 Å². The zero-order chi connectivity index (χ0) is 13.6. The minimum absolute atomic E-state index is 0.667. The van der Waals surface area contributed by atoms with Gasteiger partial charge in [0.2, 0.25) is 0 Å². The minimum Gasteiger partial charge on any atom is -0.301 e. The van der Waals surface area contributed by atoms with E-state index in [9.17, 15) is 4.79 Å². The molecular weight excluding hydrogens is 232 g/mol. The van der Waals surface area contributed by atoms with Crippen LogP contribution in [0.25, 0.3) is 0 Å². The van der Waals surface area contributed by atoms with Crippen LogP contribution in [0.3, 0.4) is 0 Å². The Hall–Kier alpha value is -2.33. The van der Waals surface area contributed by atoms with Gasteiger partial charge in [0.25, 0.3) is 0 Å². The fourth-order valence-electron chi connectivity index (χ4n) is 1.99. The van der Waals surface area contributed by atoms with Crippen molar-refractivity contribution in [2.45, 2.75) is 18.8 Å². The number of hydrogen-bond acceptors (Lipinski definition) is 1. The van der Waals surface area contributed by atoms with Gasteiger partial charge in [-0.1, -0.05) is 67.3 Å². The van der Waals surface area contributed by atoms with E-state index in [1.807, 2.05) is 67.6 Å². The number of carbonyl (C=O) groups excluding carboxylic acids is 1. The number of hydrogen-bond donors (Lipinski definition) is 0. The standard InChI is InChI=1S/C18H16O/c1-2-18(15-19,17-11-7-4-8-12-17)14-13-16-9-5-3-6-10-16/h3-12,15H,2H2,1H3/t18-/m0/s1. The van der Waals surface area contributed by atoms with Crippen LogP contribution in [0.2, 0.25) is 0 Å². The largest absolute Gasteiger partial charge is 0.301 e. The molecule has 1 heteroatoms. The van der Waals surface area contributed by atoms with Crippen molar-refractivity contribution >= 4 is 6.29 Å². The van der Waals surface area contributed by atoms with Gasteiger partial charge < -0.3 is 4.79 Å². The van der Waals surface area contributed by atoms with Gasteiger partial charge in [-0.05, 0) is 24.1 Å². The molecule has 1 nitrogen and oxygen atoms in total. The van der Waals surface area contributed by atoms with E-state index in [4.69, 9.17) is 0 Å². The van der Waals surface area contributed by atoms with Crippen LogP contribution in [0.1, 0.15) is 24.5 Å². The lowest BCUT2D eigenvalue weighted by molar-refractivity contribution is -0.111. The van der Waals surface area contributed by atoms with Crippen LogP contribution in [-0.2, 0) is 10.2 Å². The summed E-state index contributed by atoms with van der Waals surface area (Å²) >= 11 is 0. The molecule has 0 aliphatic carbocycles. The molecule has 0 aromatic heterocycles. The molecule has 94 valence electrons. The smallest absolute Gasteiger partial charge is 0.142 e. The molecule has 2 rings (SSSR count). The van der Waals surface area contributed by atoms with E-state index in [0.29, 0.717) is 6.42 Å². The molecular formula is C18H16O. The van der Waals surface area contributed by atoms with Gasteiger partial charge in [0.05, 0.1) is 0 Å². The van der Waals surface area contributed by atoms with Crippen molar-refractivity contribution < 1.29 is 4.79 Å². The number of rotatable bonds is 3. The van der Waals surface area contributed by atoms with Crippen LogP contribution in [0.5, 0.6) is 0 Å². The lowest BCUT2D eigenvalue weighted by Gasteiger charge is -2.20. The zero-order valence-corrected chi connectivity index (χ0v) is 11.0. The molecule has 2 aromatic carbocycles. The van der Waals surface area contributed by atoms with Gasteiger partial charge in [-0.2, -0.15) is 0 Å². The van der Waals surface area contributed by atoms with E-state index < -0.39 is 5.41 Å². The fraction of sp³-hybridized carbons (Fsp3) is 0.167. The molecule has 0 saturated carbocycles. The van der Waals surface area contributed by atoms with Crippen LogP contribution in [-0.4, -0.2) is 6.29 Å². The minimum atomic E-state index is -0.711. The summed E-state index contributed by atoms with van der Waals surface area (Å²) in [5.74, 6) is 6.25. The van der Waals surface area contributed by atoms with Gasteiger partial charge in [0.1, 0.15) is 11.7 Å². The number of carbonyl (C=O) groups is 1. The Morgan fingerprint density at radius 3 is 2.11 bits per heavy atom. The fourth-order valence-corrected chi connectivity index (χ4v) is 1.99. The monoisotopic (exact) mass is 248 g/mol. The normalized spacial score (nSPS) is 12.9. The zero-order valence-electron chi connectivity index (χ0n) is 11.0. The average Bonchev–Trinajstić information content (AvgIpc) is 2.51. The SMILES string of the molecule is CC[C@](C#Cc1ccccc1)(C=O)c1ccccc1. The summed E-state index contributed by atoms with van der Waals surface area (Å²) in [6.07, 6.45) is 1.62. The first-order chi connectivity index (χ1) is 9.30. The maximum absolute atomic E-state index is 11.6. The highest BCUT2D eigenvalue weighted by atomic mass is 16.1. The van der Waals surface area contributed by atoms with Crippen molar-refractivity contribution in [2.75, 3.05) is 0 Å². The first kappa shape index (κ1) is 13.1. The molecule has 1 atom stereocenters. The third kappa shape index (κ3) is 2.92. The third-order valence-electron chi connectivity index (χ3n) is 3.25. The predicted octanol–water partition coefficient (Wildman–Crippen LogP) is 3.59. The summed E-state index contributed by atoms with van der Waals surface area (Å²) < 4.78 is 0. The van der Waals surface area contributed by atoms with Crippen molar-refractivity contribution in [3.63, 3.8) is 0 Å². The average molecular weight is 248 g/mol. The first-order valence-electron chi connectivity index (χ1n) is 6.41. The Morgan fingerprint density at radius 2 is 1.58 bits per heavy atom. The second-order valence-electron chi connectivity index (χ2n) is 4.42. The van der Waals surface area contributed by atoms with Crippen molar-refractivity contribution in [3.8, 4) is 11.8 Å². The quantitative estimate of drug-likeness (QED) is 0.599. The Bertz CT molecular complexity index is 590. The van der Waals surface area contributed by atoms with Gasteiger partial charge in [-0.3, -0.25) is 0 Å². The van der Waals surface area contributed by atoms with E-state index in [-0.39, 0.29) is 0 Å². The molecule has 0 aliphatic rings. The predicted molar refractivity (Wildman–Crippen MR) is 77.8 cm³/mol. The number of aldehydes is 1. The van der Waals surface area contributed by atoms with Crippen molar-refractivity contribution in [1.82, 2.24) is 0 Å². The van der Waals surface area contributed by atoms with Crippen LogP contribution in [0.15, 0.2) is 60.7 Å². The Balaban J connectivity index is 2.42. The van der Waals surface area contributed by atoms with Crippen LogP contribution in [0.4, 0.5) is 0 Å². The Morgan fingerprint density at radius 1 is 1.00 bits per heavy atom. The molecule has 0 amide bonds. The van der Waals surface area contributed by atoms with E-state index >= 15 is 0 Å². The lowest BCUT2D eigenvalue weighted by atomic mass is 9.80. The van der Waals surface area contributed by atoms with E-state index in [1.54, 1.807) is 0 Å². The lowest BCUT2D eigenvalue weighted by Crippen LogP contribution is -2.25. The molecule has 0 unspecified atom stereocenters. The summed E-state index contributed by atoms with van der Waals surface area (Å²) in [5, 5.41) is 0. The summed E-state index contributed by atoms with van der Waals surface area (Å²) in [7, 11) is 0. The molecule has 0 N–H and O–H groups in total. The topological polar surface area (TPSA) is 17.1 Å². The van der Waals surface area contributed by atoms with E-state index in [2.05, 4.69) is 11.8 Å². The molecule has 2 aromatic rings. The van der Waals surface area contributed by atoms with Crippen LogP contribution < -0.4 is 0 Å². The van der Waals surface area contributed by atoms with E-state index in [1.165, 1.54) is 0 Å². The maximum Gasteiger partial charge on any atom is 0.142 e. The number of benzene rings is 2.